The summed E-state index contributed by atoms with van der Waals surface area (Å²) in [5, 5.41) is 0. The van der Waals surface area contributed by atoms with Crippen molar-refractivity contribution < 1.29 is 19.0 Å². The highest BCUT2D eigenvalue weighted by Gasteiger charge is 2.37. The summed E-state index contributed by atoms with van der Waals surface area (Å²) in [6.07, 6.45) is 1.54. The van der Waals surface area contributed by atoms with Gasteiger partial charge in [-0.05, 0) is 13.3 Å². The van der Waals surface area contributed by atoms with Crippen molar-refractivity contribution in [3.8, 4) is 0 Å². The van der Waals surface area contributed by atoms with Crippen LogP contribution in [0.5, 0.6) is 0 Å². The van der Waals surface area contributed by atoms with Gasteiger partial charge < -0.3 is 14.2 Å². The topological polar surface area (TPSA) is 44.8 Å². The number of rotatable bonds is 4. The first-order valence-electron chi connectivity index (χ1n) is 4.37. The van der Waals surface area contributed by atoms with Crippen molar-refractivity contribution in [2.24, 2.45) is 0 Å². The molecule has 0 N–H and O–H groups in total. The van der Waals surface area contributed by atoms with Crippen molar-refractivity contribution in [1.82, 2.24) is 0 Å². The van der Waals surface area contributed by atoms with Crippen LogP contribution in [0, 0.1) is 0 Å². The molecule has 76 valence electrons. The second-order valence-corrected chi connectivity index (χ2v) is 3.53. The lowest BCUT2D eigenvalue weighted by Crippen LogP contribution is -2.31. The van der Waals surface area contributed by atoms with Gasteiger partial charge in [-0.15, -0.1) is 0 Å². The second kappa shape index (κ2) is 4.07. The fourth-order valence-corrected chi connectivity index (χ4v) is 1.50. The summed E-state index contributed by atoms with van der Waals surface area (Å²) >= 11 is 0. The Labute approximate surface area is 78.2 Å². The Bertz CT molecular complexity index is 188. The Kier molecular flexibility index (Phi) is 3.27. The number of hydrogen-bond acceptors (Lipinski definition) is 4. The molecule has 1 heterocycles. The third kappa shape index (κ3) is 2.67. The first-order valence-corrected chi connectivity index (χ1v) is 4.37. The molecule has 0 aromatic carbocycles. The van der Waals surface area contributed by atoms with E-state index in [9.17, 15) is 4.79 Å². The van der Waals surface area contributed by atoms with Crippen LogP contribution in [-0.2, 0) is 19.0 Å². The number of ether oxygens (including phenoxy) is 3. The summed E-state index contributed by atoms with van der Waals surface area (Å²) in [6, 6.07) is 0. The van der Waals surface area contributed by atoms with E-state index < -0.39 is 5.60 Å². The zero-order valence-electron chi connectivity index (χ0n) is 8.33. The Hall–Kier alpha value is -0.610. The molecule has 0 aliphatic carbocycles. The average molecular weight is 188 g/mol. The number of esters is 1. The van der Waals surface area contributed by atoms with E-state index in [0.29, 0.717) is 12.8 Å². The van der Waals surface area contributed by atoms with Crippen LogP contribution < -0.4 is 0 Å². The predicted octanol–water partition coefficient (Wildman–Crippen LogP) is 1.09. The third-order valence-corrected chi connectivity index (χ3v) is 2.34. The summed E-state index contributed by atoms with van der Waals surface area (Å²) < 4.78 is 15.3. The highest BCUT2D eigenvalue weighted by molar-refractivity contribution is 5.72. The SMILES string of the molecule is COC(CC1(C)CCC(=O)O1)OC. The molecule has 13 heavy (non-hydrogen) atoms. The number of methoxy groups -OCH3 is 2. The molecular formula is C9H16O4. The maximum Gasteiger partial charge on any atom is 0.306 e. The van der Waals surface area contributed by atoms with Gasteiger partial charge in [-0.25, -0.2) is 0 Å². The molecule has 1 atom stereocenters. The van der Waals surface area contributed by atoms with Crippen LogP contribution in [0.1, 0.15) is 26.2 Å². The molecule has 4 nitrogen and oxygen atoms in total. The summed E-state index contributed by atoms with van der Waals surface area (Å²) in [5.41, 5.74) is -0.409. The highest BCUT2D eigenvalue weighted by atomic mass is 16.7. The molecule has 1 unspecified atom stereocenters. The summed E-state index contributed by atoms with van der Waals surface area (Å²) in [4.78, 5) is 10.9. The molecule has 1 saturated heterocycles. The fraction of sp³-hybridized carbons (Fsp3) is 0.889. The van der Waals surface area contributed by atoms with Crippen molar-refractivity contribution in [2.75, 3.05) is 14.2 Å². The zero-order valence-corrected chi connectivity index (χ0v) is 8.33. The van der Waals surface area contributed by atoms with Gasteiger partial charge in [0.05, 0.1) is 0 Å². The van der Waals surface area contributed by atoms with Gasteiger partial charge in [-0.2, -0.15) is 0 Å². The lowest BCUT2D eigenvalue weighted by Gasteiger charge is -2.26. The van der Waals surface area contributed by atoms with Gasteiger partial charge in [0.25, 0.3) is 0 Å². The minimum Gasteiger partial charge on any atom is -0.459 e. The van der Waals surface area contributed by atoms with Crippen LogP contribution in [0.3, 0.4) is 0 Å². The minimum absolute atomic E-state index is 0.131. The molecule has 1 aliphatic heterocycles. The molecule has 0 radical (unpaired) electrons. The van der Waals surface area contributed by atoms with Crippen molar-refractivity contribution in [3.05, 3.63) is 0 Å². The third-order valence-electron chi connectivity index (χ3n) is 2.34. The van der Waals surface area contributed by atoms with Crippen LogP contribution in [0.15, 0.2) is 0 Å². The van der Waals surface area contributed by atoms with Crippen molar-refractivity contribution in [3.63, 3.8) is 0 Å². The summed E-state index contributed by atoms with van der Waals surface area (Å²) in [7, 11) is 3.16. The van der Waals surface area contributed by atoms with E-state index in [1.54, 1.807) is 14.2 Å². The molecule has 0 aromatic rings. The minimum atomic E-state index is -0.409. The Morgan fingerprint density at radius 3 is 2.54 bits per heavy atom. The monoisotopic (exact) mass is 188 g/mol. The van der Waals surface area contributed by atoms with E-state index in [4.69, 9.17) is 14.2 Å². The second-order valence-electron chi connectivity index (χ2n) is 3.53. The van der Waals surface area contributed by atoms with Crippen molar-refractivity contribution in [1.29, 1.82) is 0 Å². The van der Waals surface area contributed by atoms with Gasteiger partial charge in [0.15, 0.2) is 6.29 Å². The standard InChI is InChI=1S/C9H16O4/c1-9(5-4-7(10)13-9)6-8(11-2)12-3/h8H,4-6H2,1-3H3. The van der Waals surface area contributed by atoms with Gasteiger partial charge in [0.2, 0.25) is 0 Å². The van der Waals surface area contributed by atoms with Gasteiger partial charge in [-0.1, -0.05) is 0 Å². The van der Waals surface area contributed by atoms with Crippen LogP contribution in [-0.4, -0.2) is 32.1 Å². The first-order chi connectivity index (χ1) is 6.09. The Balaban J connectivity index is 2.46. The maximum absolute atomic E-state index is 10.9. The van der Waals surface area contributed by atoms with Crippen LogP contribution >= 0.6 is 0 Å². The number of cyclic esters (lactones) is 1. The summed E-state index contributed by atoms with van der Waals surface area (Å²) in [6.45, 7) is 1.91. The predicted molar refractivity (Wildman–Crippen MR) is 46.2 cm³/mol. The molecular weight excluding hydrogens is 172 g/mol. The van der Waals surface area contributed by atoms with E-state index in [-0.39, 0.29) is 12.3 Å². The fourth-order valence-electron chi connectivity index (χ4n) is 1.50. The maximum atomic E-state index is 10.9. The van der Waals surface area contributed by atoms with Crippen molar-refractivity contribution >= 4 is 5.97 Å². The molecule has 0 aromatic heterocycles. The van der Waals surface area contributed by atoms with E-state index in [1.165, 1.54) is 0 Å². The zero-order chi connectivity index (χ0) is 9.90. The molecule has 0 bridgehead atoms. The smallest absolute Gasteiger partial charge is 0.306 e. The van der Waals surface area contributed by atoms with Crippen LogP contribution in [0.4, 0.5) is 0 Å². The van der Waals surface area contributed by atoms with E-state index in [1.807, 2.05) is 6.92 Å². The Morgan fingerprint density at radius 1 is 1.54 bits per heavy atom. The van der Waals surface area contributed by atoms with Gasteiger partial charge in [0, 0.05) is 27.1 Å². The first kappa shape index (κ1) is 10.5. The van der Waals surface area contributed by atoms with E-state index in [0.717, 1.165) is 6.42 Å². The normalized spacial score (nSPS) is 28.2. The van der Waals surface area contributed by atoms with Gasteiger partial charge >= 0.3 is 5.97 Å². The largest absolute Gasteiger partial charge is 0.459 e. The molecule has 1 aliphatic rings. The molecule has 0 spiro atoms. The summed E-state index contributed by atoms with van der Waals surface area (Å²) in [5.74, 6) is -0.131. The van der Waals surface area contributed by atoms with Crippen LogP contribution in [0.2, 0.25) is 0 Å². The van der Waals surface area contributed by atoms with E-state index in [2.05, 4.69) is 0 Å². The van der Waals surface area contributed by atoms with E-state index >= 15 is 0 Å². The average Bonchev–Trinajstić information content (AvgIpc) is 2.43. The molecule has 4 heteroatoms. The molecule has 0 saturated carbocycles. The number of hydrogen-bond donors (Lipinski definition) is 0. The molecule has 1 rings (SSSR count). The number of carbonyl (C=O) groups excluding carboxylic acids is 1. The number of carbonyl (C=O) groups is 1. The molecule has 1 fully saturated rings. The lowest BCUT2D eigenvalue weighted by molar-refractivity contribution is -0.163. The highest BCUT2D eigenvalue weighted by Crippen LogP contribution is 2.31. The van der Waals surface area contributed by atoms with Crippen LogP contribution in [0.25, 0.3) is 0 Å². The van der Waals surface area contributed by atoms with Crippen molar-refractivity contribution in [2.45, 2.75) is 38.1 Å². The lowest BCUT2D eigenvalue weighted by atomic mass is 9.98. The molecule has 0 amide bonds. The Morgan fingerprint density at radius 2 is 2.15 bits per heavy atom. The quantitative estimate of drug-likeness (QED) is 0.489. The van der Waals surface area contributed by atoms with Gasteiger partial charge in [0.1, 0.15) is 5.60 Å². The van der Waals surface area contributed by atoms with Gasteiger partial charge in [-0.3, -0.25) is 4.79 Å².